The van der Waals surface area contributed by atoms with E-state index in [9.17, 15) is 14.4 Å². The lowest BCUT2D eigenvalue weighted by molar-refractivity contribution is -0.138. The SMILES string of the molecule is O=C(O)Cn1cc(CNC(=O)C2CCCN2C(=O)c2cccs2)nn1. The molecule has 9 nitrogen and oxygen atoms in total. The summed E-state index contributed by atoms with van der Waals surface area (Å²) in [6, 6.07) is 3.06. The van der Waals surface area contributed by atoms with E-state index in [0.717, 1.165) is 6.42 Å². The number of hydrogen-bond donors (Lipinski definition) is 2. The highest BCUT2D eigenvalue weighted by atomic mass is 32.1. The van der Waals surface area contributed by atoms with Crippen LogP contribution in [0, 0.1) is 0 Å². The lowest BCUT2D eigenvalue weighted by Gasteiger charge is -2.23. The van der Waals surface area contributed by atoms with Gasteiger partial charge >= 0.3 is 5.97 Å². The highest BCUT2D eigenvalue weighted by molar-refractivity contribution is 7.12. The normalized spacial score (nSPS) is 16.8. The van der Waals surface area contributed by atoms with Gasteiger partial charge in [0, 0.05) is 6.54 Å². The van der Waals surface area contributed by atoms with E-state index in [1.54, 1.807) is 11.0 Å². The van der Waals surface area contributed by atoms with E-state index < -0.39 is 12.0 Å². The van der Waals surface area contributed by atoms with Crippen molar-refractivity contribution in [3.63, 3.8) is 0 Å². The number of carboxylic acid groups (broad SMARTS) is 1. The van der Waals surface area contributed by atoms with Gasteiger partial charge in [-0.15, -0.1) is 16.4 Å². The molecule has 1 aliphatic heterocycles. The van der Waals surface area contributed by atoms with E-state index in [4.69, 9.17) is 5.11 Å². The van der Waals surface area contributed by atoms with Crippen molar-refractivity contribution < 1.29 is 19.5 Å². The molecule has 0 spiro atoms. The Bertz CT molecular complexity index is 773. The molecule has 0 bridgehead atoms. The quantitative estimate of drug-likeness (QED) is 0.764. The molecule has 2 aromatic heterocycles. The number of amides is 2. The third-order valence-electron chi connectivity index (χ3n) is 3.88. The lowest BCUT2D eigenvalue weighted by Crippen LogP contribution is -2.45. The van der Waals surface area contributed by atoms with Crippen molar-refractivity contribution in [2.45, 2.75) is 32.0 Å². The van der Waals surface area contributed by atoms with Crippen LogP contribution in [0.3, 0.4) is 0 Å². The highest BCUT2D eigenvalue weighted by Gasteiger charge is 2.34. The number of carboxylic acids is 1. The first-order valence-electron chi connectivity index (χ1n) is 7.77. The van der Waals surface area contributed by atoms with E-state index in [1.165, 1.54) is 22.2 Å². The van der Waals surface area contributed by atoms with Crippen LogP contribution in [-0.4, -0.2) is 55.4 Å². The molecular weight excluding hydrogens is 346 g/mol. The zero-order valence-electron chi connectivity index (χ0n) is 13.3. The maximum atomic E-state index is 12.5. The van der Waals surface area contributed by atoms with Crippen LogP contribution >= 0.6 is 11.3 Å². The lowest BCUT2D eigenvalue weighted by atomic mass is 10.2. The van der Waals surface area contributed by atoms with Crippen molar-refractivity contribution in [1.82, 2.24) is 25.2 Å². The summed E-state index contributed by atoms with van der Waals surface area (Å²) in [4.78, 5) is 37.8. The Morgan fingerprint density at radius 3 is 2.96 bits per heavy atom. The summed E-state index contributed by atoms with van der Waals surface area (Å²) in [5.74, 6) is -1.38. The maximum absolute atomic E-state index is 12.5. The van der Waals surface area contributed by atoms with Gasteiger partial charge in [-0.25, -0.2) is 4.68 Å². The second kappa shape index (κ2) is 7.43. The Morgan fingerprint density at radius 1 is 1.40 bits per heavy atom. The fraction of sp³-hybridized carbons (Fsp3) is 0.400. The first-order chi connectivity index (χ1) is 12.0. The van der Waals surface area contributed by atoms with Crippen molar-refractivity contribution in [3.05, 3.63) is 34.3 Å². The second-order valence-corrected chi connectivity index (χ2v) is 6.60. The minimum absolute atomic E-state index is 0.125. The van der Waals surface area contributed by atoms with Crippen LogP contribution in [-0.2, 0) is 22.7 Å². The van der Waals surface area contributed by atoms with Crippen LogP contribution < -0.4 is 5.32 Å². The molecule has 0 saturated carbocycles. The molecule has 2 aromatic rings. The summed E-state index contributed by atoms with van der Waals surface area (Å²) in [6.45, 7) is 0.409. The smallest absolute Gasteiger partial charge is 0.325 e. The molecule has 2 N–H and O–H groups in total. The van der Waals surface area contributed by atoms with E-state index in [1.807, 2.05) is 11.4 Å². The van der Waals surface area contributed by atoms with Gasteiger partial charge in [0.25, 0.3) is 5.91 Å². The predicted octanol–water partition coefficient (Wildman–Crippen LogP) is 0.345. The largest absolute Gasteiger partial charge is 0.480 e. The second-order valence-electron chi connectivity index (χ2n) is 5.65. The van der Waals surface area contributed by atoms with Crippen molar-refractivity contribution >= 4 is 29.1 Å². The molecule has 10 heteroatoms. The minimum atomic E-state index is -1.02. The van der Waals surface area contributed by atoms with Crippen LogP contribution in [0.25, 0.3) is 0 Å². The van der Waals surface area contributed by atoms with Gasteiger partial charge in [-0.3, -0.25) is 14.4 Å². The fourth-order valence-electron chi connectivity index (χ4n) is 2.76. The Balaban J connectivity index is 1.57. The topological polar surface area (TPSA) is 117 Å². The molecule has 3 heterocycles. The van der Waals surface area contributed by atoms with Crippen molar-refractivity contribution in [1.29, 1.82) is 0 Å². The average molecular weight is 363 g/mol. The monoisotopic (exact) mass is 363 g/mol. The van der Waals surface area contributed by atoms with Gasteiger partial charge in [-0.05, 0) is 24.3 Å². The Labute approximate surface area is 147 Å². The zero-order chi connectivity index (χ0) is 17.8. The summed E-state index contributed by atoms with van der Waals surface area (Å²) < 4.78 is 1.19. The number of aliphatic carboxylic acids is 1. The molecule has 0 radical (unpaired) electrons. The standard InChI is InChI=1S/C15H17N5O4S/c21-13(22)9-19-8-10(17-18-19)7-16-14(23)11-3-1-5-20(11)15(24)12-4-2-6-25-12/h2,4,6,8,11H,1,3,5,7,9H2,(H,16,23)(H,21,22). The van der Waals surface area contributed by atoms with Gasteiger partial charge in [0.05, 0.1) is 17.6 Å². The summed E-state index contributed by atoms with van der Waals surface area (Å²) in [5, 5.41) is 20.8. The van der Waals surface area contributed by atoms with Crippen molar-refractivity contribution in [2.75, 3.05) is 6.54 Å². The fourth-order valence-corrected chi connectivity index (χ4v) is 3.43. The van der Waals surface area contributed by atoms with Crippen LogP contribution in [0.1, 0.15) is 28.2 Å². The molecule has 0 aromatic carbocycles. The molecule has 3 rings (SSSR count). The third-order valence-corrected chi connectivity index (χ3v) is 4.73. The summed E-state index contributed by atoms with van der Waals surface area (Å²) in [6.07, 6.45) is 2.87. The molecular formula is C15H17N5O4S. The van der Waals surface area contributed by atoms with Gasteiger partial charge in [0.15, 0.2) is 0 Å². The number of thiophene rings is 1. The Hall–Kier alpha value is -2.75. The van der Waals surface area contributed by atoms with Crippen LogP contribution in [0.15, 0.2) is 23.7 Å². The van der Waals surface area contributed by atoms with Gasteiger partial charge in [-0.1, -0.05) is 11.3 Å². The van der Waals surface area contributed by atoms with Gasteiger partial charge in [0.2, 0.25) is 5.91 Å². The van der Waals surface area contributed by atoms with Gasteiger partial charge in [-0.2, -0.15) is 0 Å². The van der Waals surface area contributed by atoms with E-state index >= 15 is 0 Å². The average Bonchev–Trinajstić information content (AvgIpc) is 3.32. The summed E-state index contributed by atoms with van der Waals surface area (Å²) in [5.41, 5.74) is 0.462. The third kappa shape index (κ3) is 4.02. The van der Waals surface area contributed by atoms with Crippen LogP contribution in [0.4, 0.5) is 0 Å². The molecule has 0 aliphatic carbocycles. The molecule has 1 unspecified atom stereocenters. The predicted molar refractivity (Wildman–Crippen MR) is 87.9 cm³/mol. The molecule has 1 saturated heterocycles. The number of nitrogens with one attached hydrogen (secondary N) is 1. The van der Waals surface area contributed by atoms with E-state index in [2.05, 4.69) is 15.6 Å². The molecule has 1 aliphatic rings. The molecule has 1 fully saturated rings. The molecule has 25 heavy (non-hydrogen) atoms. The Kier molecular flexibility index (Phi) is 5.08. The number of aromatic nitrogens is 3. The number of hydrogen-bond acceptors (Lipinski definition) is 6. The zero-order valence-corrected chi connectivity index (χ0v) is 14.1. The van der Waals surface area contributed by atoms with Crippen LogP contribution in [0.2, 0.25) is 0 Å². The number of likely N-dealkylation sites (tertiary alicyclic amines) is 1. The molecule has 2 amide bonds. The summed E-state index contributed by atoms with van der Waals surface area (Å²) >= 11 is 1.36. The number of nitrogens with zero attached hydrogens (tertiary/aromatic N) is 4. The summed E-state index contributed by atoms with van der Waals surface area (Å²) in [7, 11) is 0. The minimum Gasteiger partial charge on any atom is -0.480 e. The number of carbonyl (C=O) groups is 3. The number of rotatable bonds is 6. The van der Waals surface area contributed by atoms with Gasteiger partial charge in [0.1, 0.15) is 18.3 Å². The first kappa shape index (κ1) is 17.1. The maximum Gasteiger partial charge on any atom is 0.325 e. The van der Waals surface area contributed by atoms with E-state index in [0.29, 0.717) is 23.5 Å². The van der Waals surface area contributed by atoms with Gasteiger partial charge < -0.3 is 15.3 Å². The molecule has 132 valence electrons. The first-order valence-corrected chi connectivity index (χ1v) is 8.65. The molecule has 1 atom stereocenters. The van der Waals surface area contributed by atoms with Crippen molar-refractivity contribution in [2.24, 2.45) is 0 Å². The Morgan fingerprint density at radius 2 is 2.24 bits per heavy atom. The highest BCUT2D eigenvalue weighted by Crippen LogP contribution is 2.22. The number of carbonyl (C=O) groups excluding carboxylic acids is 2. The van der Waals surface area contributed by atoms with Crippen molar-refractivity contribution in [3.8, 4) is 0 Å². The van der Waals surface area contributed by atoms with E-state index in [-0.39, 0.29) is 24.9 Å². The van der Waals surface area contributed by atoms with Crippen LogP contribution in [0.5, 0.6) is 0 Å².